The van der Waals surface area contributed by atoms with Gasteiger partial charge in [0.25, 0.3) is 0 Å². The molecule has 0 aliphatic heterocycles. The maximum atomic E-state index is 10.7. The normalized spacial score (nSPS) is 10.5. The third-order valence-electron chi connectivity index (χ3n) is 3.28. The van der Waals surface area contributed by atoms with E-state index in [2.05, 4.69) is 19.1 Å². The average Bonchev–Trinajstić information content (AvgIpc) is 2.34. The minimum absolute atomic E-state index is 0.816. The quantitative estimate of drug-likeness (QED) is 0.468. The lowest BCUT2D eigenvalue weighted by Crippen LogP contribution is -1.91. The topological polar surface area (TPSA) is 17.1 Å². The van der Waals surface area contributed by atoms with Crippen LogP contribution in [0.5, 0.6) is 0 Å². The highest BCUT2D eigenvalue weighted by molar-refractivity contribution is 5.77. The van der Waals surface area contributed by atoms with Gasteiger partial charge >= 0.3 is 0 Å². The number of hydrogen-bond acceptors (Lipinski definition) is 1. The molecule has 94 valence electrons. The van der Waals surface area contributed by atoms with Crippen molar-refractivity contribution in [1.29, 1.82) is 0 Å². The van der Waals surface area contributed by atoms with Crippen LogP contribution in [0, 0.1) is 6.92 Å². The smallest absolute Gasteiger partial charge is 0.150 e. The van der Waals surface area contributed by atoms with Gasteiger partial charge in [-0.1, -0.05) is 57.2 Å². The van der Waals surface area contributed by atoms with E-state index in [0.717, 1.165) is 23.8 Å². The first-order chi connectivity index (χ1) is 8.27. The van der Waals surface area contributed by atoms with E-state index in [1.165, 1.54) is 44.1 Å². The molecule has 0 heterocycles. The van der Waals surface area contributed by atoms with Gasteiger partial charge in [0.2, 0.25) is 0 Å². The van der Waals surface area contributed by atoms with Crippen LogP contribution in [0.1, 0.15) is 66.9 Å². The zero-order valence-electron chi connectivity index (χ0n) is 11.2. The first kappa shape index (κ1) is 14.0. The van der Waals surface area contributed by atoms with Crippen molar-refractivity contribution in [2.75, 3.05) is 0 Å². The zero-order chi connectivity index (χ0) is 12.5. The molecule has 17 heavy (non-hydrogen) atoms. The largest absolute Gasteiger partial charge is 0.298 e. The summed E-state index contributed by atoms with van der Waals surface area (Å²) in [6.45, 7) is 4.26. The van der Waals surface area contributed by atoms with Crippen molar-refractivity contribution in [2.45, 2.75) is 58.8 Å². The summed E-state index contributed by atoms with van der Waals surface area (Å²) < 4.78 is 0. The highest BCUT2D eigenvalue weighted by atomic mass is 16.1. The molecule has 0 saturated carbocycles. The van der Waals surface area contributed by atoms with Gasteiger partial charge in [0.1, 0.15) is 6.29 Å². The van der Waals surface area contributed by atoms with Gasteiger partial charge in [-0.25, -0.2) is 0 Å². The molecule has 0 aliphatic carbocycles. The van der Waals surface area contributed by atoms with Crippen molar-refractivity contribution in [1.82, 2.24) is 0 Å². The molecule has 0 amide bonds. The first-order valence-electron chi connectivity index (χ1n) is 6.82. The fourth-order valence-electron chi connectivity index (χ4n) is 2.13. The monoisotopic (exact) mass is 232 g/mol. The van der Waals surface area contributed by atoms with E-state index in [-0.39, 0.29) is 0 Å². The number of hydrogen-bond donors (Lipinski definition) is 0. The Morgan fingerprint density at radius 2 is 1.76 bits per heavy atom. The minimum Gasteiger partial charge on any atom is -0.298 e. The lowest BCUT2D eigenvalue weighted by Gasteiger charge is -2.04. The molecule has 0 bridgehead atoms. The summed E-state index contributed by atoms with van der Waals surface area (Å²) in [5.41, 5.74) is 3.28. The summed E-state index contributed by atoms with van der Waals surface area (Å²) in [5.74, 6) is 0. The maximum Gasteiger partial charge on any atom is 0.150 e. The molecule has 0 N–H and O–H groups in total. The number of aryl methyl sites for hydroxylation is 2. The van der Waals surface area contributed by atoms with Crippen LogP contribution in [0.2, 0.25) is 0 Å². The van der Waals surface area contributed by atoms with Crippen LogP contribution in [0.4, 0.5) is 0 Å². The van der Waals surface area contributed by atoms with Crippen molar-refractivity contribution in [3.8, 4) is 0 Å². The van der Waals surface area contributed by atoms with Crippen LogP contribution >= 0.6 is 0 Å². The lowest BCUT2D eigenvalue weighted by atomic mass is 10.0. The van der Waals surface area contributed by atoms with E-state index >= 15 is 0 Å². The van der Waals surface area contributed by atoms with Gasteiger partial charge in [-0.05, 0) is 30.9 Å². The van der Waals surface area contributed by atoms with Crippen LogP contribution in [0.15, 0.2) is 18.2 Å². The van der Waals surface area contributed by atoms with Crippen LogP contribution in [0.25, 0.3) is 0 Å². The van der Waals surface area contributed by atoms with Crippen LogP contribution in [0.3, 0.4) is 0 Å². The van der Waals surface area contributed by atoms with Crippen LogP contribution < -0.4 is 0 Å². The van der Waals surface area contributed by atoms with Crippen molar-refractivity contribution >= 4 is 6.29 Å². The summed E-state index contributed by atoms with van der Waals surface area (Å²) in [6, 6.07) is 6.17. The maximum absolute atomic E-state index is 10.7. The summed E-state index contributed by atoms with van der Waals surface area (Å²) in [6.07, 6.45) is 10.1. The predicted molar refractivity (Wildman–Crippen MR) is 73.6 cm³/mol. The number of aldehydes is 1. The molecule has 1 heteroatoms. The van der Waals surface area contributed by atoms with Crippen LogP contribution in [-0.4, -0.2) is 6.29 Å². The Hall–Kier alpha value is -1.11. The SMILES string of the molecule is CCCCCCCCc1ccc(C=O)c(C)c1. The number of carbonyl (C=O) groups is 1. The highest BCUT2D eigenvalue weighted by Crippen LogP contribution is 2.13. The number of unbranched alkanes of at least 4 members (excludes halogenated alkanes) is 5. The van der Waals surface area contributed by atoms with Gasteiger partial charge in [0.05, 0.1) is 0 Å². The van der Waals surface area contributed by atoms with Crippen molar-refractivity contribution in [3.05, 3.63) is 34.9 Å². The van der Waals surface area contributed by atoms with Crippen molar-refractivity contribution < 1.29 is 4.79 Å². The molecule has 1 rings (SSSR count). The van der Waals surface area contributed by atoms with Crippen molar-refractivity contribution in [2.24, 2.45) is 0 Å². The summed E-state index contributed by atoms with van der Waals surface area (Å²) in [7, 11) is 0. The third-order valence-corrected chi connectivity index (χ3v) is 3.28. The Kier molecular flexibility index (Phi) is 6.61. The van der Waals surface area contributed by atoms with E-state index in [0.29, 0.717) is 0 Å². The van der Waals surface area contributed by atoms with Crippen LogP contribution in [-0.2, 0) is 6.42 Å². The molecule has 0 spiro atoms. The molecule has 0 radical (unpaired) electrons. The summed E-state index contributed by atoms with van der Waals surface area (Å²) in [4.78, 5) is 10.7. The molecule has 1 aromatic carbocycles. The Labute approximate surface area is 105 Å². The van der Waals surface area contributed by atoms with Gasteiger partial charge in [-0.3, -0.25) is 4.79 Å². The third kappa shape index (κ3) is 5.16. The van der Waals surface area contributed by atoms with Gasteiger partial charge < -0.3 is 0 Å². The molecule has 0 unspecified atom stereocenters. The Morgan fingerprint density at radius 3 is 2.41 bits per heavy atom. The fraction of sp³-hybridized carbons (Fsp3) is 0.562. The molecule has 0 aliphatic rings. The molecule has 0 fully saturated rings. The summed E-state index contributed by atoms with van der Waals surface area (Å²) in [5, 5.41) is 0. The van der Waals surface area contributed by atoms with E-state index in [4.69, 9.17) is 0 Å². The van der Waals surface area contributed by atoms with E-state index in [1.54, 1.807) is 0 Å². The van der Waals surface area contributed by atoms with E-state index in [9.17, 15) is 4.79 Å². The average molecular weight is 232 g/mol. The van der Waals surface area contributed by atoms with E-state index in [1.807, 2.05) is 13.0 Å². The van der Waals surface area contributed by atoms with Gasteiger partial charge in [-0.2, -0.15) is 0 Å². The summed E-state index contributed by atoms with van der Waals surface area (Å²) >= 11 is 0. The Balaban J connectivity index is 2.27. The van der Waals surface area contributed by atoms with E-state index < -0.39 is 0 Å². The minimum atomic E-state index is 0.816. The Morgan fingerprint density at radius 1 is 1.06 bits per heavy atom. The number of carbonyl (C=O) groups excluding carboxylic acids is 1. The van der Waals surface area contributed by atoms with Gasteiger partial charge in [-0.15, -0.1) is 0 Å². The lowest BCUT2D eigenvalue weighted by molar-refractivity contribution is 0.112. The molecule has 0 saturated heterocycles. The predicted octanol–water partition coefficient (Wildman–Crippen LogP) is 4.71. The van der Waals surface area contributed by atoms with Gasteiger partial charge in [0.15, 0.2) is 0 Å². The van der Waals surface area contributed by atoms with Crippen molar-refractivity contribution in [3.63, 3.8) is 0 Å². The molecular weight excluding hydrogens is 208 g/mol. The molecular formula is C16H24O. The number of rotatable bonds is 8. The standard InChI is InChI=1S/C16H24O/c1-3-4-5-6-7-8-9-15-10-11-16(13-17)14(2)12-15/h10-13H,3-9H2,1-2H3. The second-order valence-corrected chi connectivity index (χ2v) is 4.83. The molecule has 1 nitrogen and oxygen atoms in total. The fourth-order valence-corrected chi connectivity index (χ4v) is 2.13. The first-order valence-corrected chi connectivity index (χ1v) is 6.82. The highest BCUT2D eigenvalue weighted by Gasteiger charge is 1.99. The Bertz CT molecular complexity index is 341. The molecule has 0 atom stereocenters. The van der Waals surface area contributed by atoms with Gasteiger partial charge in [0, 0.05) is 5.56 Å². The second kappa shape index (κ2) is 8.05. The molecule has 0 aromatic heterocycles. The number of benzene rings is 1. The second-order valence-electron chi connectivity index (χ2n) is 4.83. The zero-order valence-corrected chi connectivity index (χ0v) is 11.2. The molecule has 1 aromatic rings.